The van der Waals surface area contributed by atoms with Gasteiger partial charge in [0.25, 0.3) is 11.8 Å². The standard InChI is InChI=1S/C5H3N3O2S/c6-3-1-4(9)8(5(3)10)7-2-11/h1H,6H2. The molecule has 1 rings (SSSR count). The van der Waals surface area contributed by atoms with Crippen LogP contribution in [0.2, 0.25) is 0 Å². The number of amides is 2. The SMILES string of the molecule is NC1=CC(=O)N(N=C=S)C1=O. The molecule has 1 aliphatic heterocycles. The number of rotatable bonds is 1. The van der Waals surface area contributed by atoms with Crippen molar-refractivity contribution in [3.8, 4) is 0 Å². The molecule has 0 bridgehead atoms. The molecule has 6 heteroatoms. The Hall–Kier alpha value is -1.52. The van der Waals surface area contributed by atoms with Gasteiger partial charge in [0.2, 0.25) is 0 Å². The molecule has 2 amide bonds. The Morgan fingerprint density at radius 1 is 1.64 bits per heavy atom. The summed E-state index contributed by atoms with van der Waals surface area (Å²) in [6.45, 7) is 0. The Labute approximate surface area is 67.2 Å². The lowest BCUT2D eigenvalue weighted by atomic mass is 10.5. The van der Waals surface area contributed by atoms with E-state index in [9.17, 15) is 9.59 Å². The monoisotopic (exact) mass is 169 g/mol. The van der Waals surface area contributed by atoms with E-state index >= 15 is 0 Å². The summed E-state index contributed by atoms with van der Waals surface area (Å²) in [4.78, 5) is 21.6. The lowest BCUT2D eigenvalue weighted by Crippen LogP contribution is -2.26. The summed E-state index contributed by atoms with van der Waals surface area (Å²) in [6, 6.07) is 0. The fourth-order valence-corrected chi connectivity index (χ4v) is 0.695. The van der Waals surface area contributed by atoms with E-state index in [1.807, 2.05) is 5.16 Å². The highest BCUT2D eigenvalue weighted by Crippen LogP contribution is 2.07. The normalized spacial score (nSPS) is 16.4. The van der Waals surface area contributed by atoms with E-state index in [-0.39, 0.29) is 5.70 Å². The average Bonchev–Trinajstić information content (AvgIpc) is 2.17. The first-order chi connectivity index (χ1) is 5.16. The van der Waals surface area contributed by atoms with Gasteiger partial charge in [-0.15, -0.1) is 10.1 Å². The minimum Gasteiger partial charge on any atom is -0.394 e. The van der Waals surface area contributed by atoms with Crippen LogP contribution in [0.1, 0.15) is 0 Å². The van der Waals surface area contributed by atoms with E-state index in [1.54, 1.807) is 0 Å². The van der Waals surface area contributed by atoms with Crippen LogP contribution in [0.4, 0.5) is 0 Å². The van der Waals surface area contributed by atoms with Gasteiger partial charge in [-0.05, 0) is 12.2 Å². The maximum absolute atomic E-state index is 10.8. The Kier molecular flexibility index (Phi) is 1.80. The molecule has 0 atom stereocenters. The molecular formula is C5H3N3O2S. The van der Waals surface area contributed by atoms with Gasteiger partial charge in [0.15, 0.2) is 0 Å². The van der Waals surface area contributed by atoms with Crippen molar-refractivity contribution in [2.24, 2.45) is 10.8 Å². The molecule has 56 valence electrons. The van der Waals surface area contributed by atoms with Crippen LogP contribution < -0.4 is 5.73 Å². The molecule has 0 aliphatic carbocycles. The lowest BCUT2D eigenvalue weighted by Gasteiger charge is -2.01. The number of nitrogens with zero attached hydrogens (tertiary/aromatic N) is 2. The number of hydrogen-bond donors (Lipinski definition) is 1. The van der Waals surface area contributed by atoms with Gasteiger partial charge in [0.1, 0.15) is 5.70 Å². The van der Waals surface area contributed by atoms with Gasteiger partial charge in [-0.1, -0.05) is 0 Å². The molecule has 0 radical (unpaired) electrons. The van der Waals surface area contributed by atoms with Crippen LogP contribution in [0.15, 0.2) is 16.9 Å². The number of nitrogens with two attached hydrogens (primary N) is 1. The minimum absolute atomic E-state index is 0.135. The largest absolute Gasteiger partial charge is 0.394 e. The number of imide groups is 1. The average molecular weight is 169 g/mol. The van der Waals surface area contributed by atoms with Crippen LogP contribution in [-0.2, 0) is 9.59 Å². The van der Waals surface area contributed by atoms with Gasteiger partial charge in [-0.2, -0.15) is 0 Å². The lowest BCUT2D eigenvalue weighted by molar-refractivity contribution is -0.137. The van der Waals surface area contributed by atoms with Crippen LogP contribution >= 0.6 is 12.2 Å². The highest BCUT2D eigenvalue weighted by Gasteiger charge is 2.28. The van der Waals surface area contributed by atoms with Crippen LogP contribution in [0.3, 0.4) is 0 Å². The molecule has 0 saturated carbocycles. The highest BCUT2D eigenvalue weighted by atomic mass is 32.1. The molecule has 0 aromatic carbocycles. The Balaban J connectivity index is 2.98. The van der Waals surface area contributed by atoms with Crippen molar-refractivity contribution in [2.45, 2.75) is 0 Å². The van der Waals surface area contributed by atoms with Gasteiger partial charge in [0.05, 0.1) is 5.16 Å². The second kappa shape index (κ2) is 2.61. The zero-order valence-corrected chi connectivity index (χ0v) is 6.09. The topological polar surface area (TPSA) is 75.8 Å². The van der Waals surface area contributed by atoms with Crippen molar-refractivity contribution in [1.29, 1.82) is 0 Å². The first-order valence-electron chi connectivity index (χ1n) is 2.60. The number of thiocarbonyl (C=S) groups is 1. The van der Waals surface area contributed by atoms with Crippen molar-refractivity contribution < 1.29 is 9.59 Å². The van der Waals surface area contributed by atoms with Crippen LogP contribution in [0, 0.1) is 0 Å². The summed E-state index contributed by atoms with van der Waals surface area (Å²) in [5.74, 6) is -1.25. The Morgan fingerprint density at radius 2 is 2.27 bits per heavy atom. The third-order valence-corrected chi connectivity index (χ3v) is 1.15. The van der Waals surface area contributed by atoms with Crippen molar-refractivity contribution in [2.75, 3.05) is 0 Å². The Bertz CT molecular complexity index is 303. The fourth-order valence-electron chi connectivity index (χ4n) is 0.614. The van der Waals surface area contributed by atoms with Crippen LogP contribution in [-0.4, -0.2) is 22.0 Å². The summed E-state index contributed by atoms with van der Waals surface area (Å²) in [5.41, 5.74) is 4.98. The molecule has 11 heavy (non-hydrogen) atoms. The third kappa shape index (κ3) is 1.17. The number of hydrogen-bond acceptors (Lipinski definition) is 5. The number of hydrazone groups is 1. The molecule has 0 aromatic rings. The first-order valence-corrected chi connectivity index (χ1v) is 3.01. The molecule has 0 unspecified atom stereocenters. The molecule has 1 heterocycles. The number of isothiocyanates is 1. The van der Waals surface area contributed by atoms with Gasteiger partial charge in [-0.3, -0.25) is 9.59 Å². The van der Waals surface area contributed by atoms with Gasteiger partial charge >= 0.3 is 0 Å². The molecule has 0 aromatic heterocycles. The van der Waals surface area contributed by atoms with Crippen molar-refractivity contribution in [3.05, 3.63) is 11.8 Å². The molecule has 2 N–H and O–H groups in total. The summed E-state index contributed by atoms with van der Waals surface area (Å²) in [7, 11) is 0. The first kappa shape index (κ1) is 7.59. The second-order valence-electron chi connectivity index (χ2n) is 1.75. The Morgan fingerprint density at radius 3 is 2.64 bits per heavy atom. The number of carbonyl (C=O) groups is 2. The summed E-state index contributed by atoms with van der Waals surface area (Å²) in [6.07, 6.45) is 0.985. The molecule has 0 saturated heterocycles. The molecule has 0 spiro atoms. The quantitative estimate of drug-likeness (QED) is 0.317. The molecule has 5 nitrogen and oxygen atoms in total. The van der Waals surface area contributed by atoms with Crippen molar-refractivity contribution in [3.63, 3.8) is 0 Å². The maximum atomic E-state index is 10.8. The van der Waals surface area contributed by atoms with E-state index in [0.29, 0.717) is 5.01 Å². The maximum Gasteiger partial charge on any atom is 0.298 e. The van der Waals surface area contributed by atoms with Crippen molar-refractivity contribution in [1.82, 2.24) is 5.01 Å². The summed E-state index contributed by atoms with van der Waals surface area (Å²) in [5, 5.41) is 5.66. The summed E-state index contributed by atoms with van der Waals surface area (Å²) < 4.78 is 0. The van der Waals surface area contributed by atoms with Gasteiger partial charge in [-0.25, -0.2) is 0 Å². The van der Waals surface area contributed by atoms with E-state index < -0.39 is 11.8 Å². The fraction of sp³-hybridized carbons (Fsp3) is 0. The van der Waals surface area contributed by atoms with E-state index in [2.05, 4.69) is 17.3 Å². The van der Waals surface area contributed by atoms with E-state index in [1.165, 1.54) is 0 Å². The zero-order valence-electron chi connectivity index (χ0n) is 5.27. The number of carbonyl (C=O) groups excluding carboxylic acids is 2. The van der Waals surface area contributed by atoms with E-state index in [0.717, 1.165) is 6.08 Å². The van der Waals surface area contributed by atoms with Gasteiger partial charge < -0.3 is 5.73 Å². The zero-order chi connectivity index (χ0) is 8.43. The molecular weight excluding hydrogens is 166 g/mol. The predicted octanol–water partition coefficient (Wildman–Crippen LogP) is -0.784. The molecule has 1 aliphatic rings. The molecule has 0 fully saturated rings. The smallest absolute Gasteiger partial charge is 0.298 e. The third-order valence-electron chi connectivity index (χ3n) is 1.07. The minimum atomic E-state index is -0.660. The predicted molar refractivity (Wildman–Crippen MR) is 39.1 cm³/mol. The van der Waals surface area contributed by atoms with Crippen LogP contribution in [0.5, 0.6) is 0 Å². The van der Waals surface area contributed by atoms with Gasteiger partial charge in [0, 0.05) is 6.08 Å². The second-order valence-corrected chi connectivity index (χ2v) is 1.93. The van der Waals surface area contributed by atoms with Crippen LogP contribution in [0.25, 0.3) is 0 Å². The van der Waals surface area contributed by atoms with E-state index in [4.69, 9.17) is 5.73 Å². The van der Waals surface area contributed by atoms with Crippen molar-refractivity contribution >= 4 is 29.2 Å². The highest BCUT2D eigenvalue weighted by molar-refractivity contribution is 7.78. The summed E-state index contributed by atoms with van der Waals surface area (Å²) >= 11 is 4.21.